The van der Waals surface area contributed by atoms with Crippen LogP contribution in [0.5, 0.6) is 5.75 Å². The number of rotatable bonds is 25. The molecule has 0 fully saturated rings. The SMILES string of the molecule is CC1(CCCCCC(=O)NCCS(=O)(=O)[O-])C(=CC2=C([O-])C(=CC3=[NH+]c4ccc5c(SOO[O-])cc(S(=O)(=O)[O-])cc5c4C3(C)CCCCCC(=O)O)C2=O)Nc2ccc3c(OOO[S-])cc(S(=O)(=O)[O-])cc3c21. The van der Waals surface area contributed by atoms with Crippen LogP contribution in [0.4, 0.5) is 11.4 Å². The topological polar surface area (TPSA) is 373 Å². The zero-order valence-corrected chi connectivity index (χ0v) is 43.1. The Morgan fingerprint density at radius 1 is 0.824 bits per heavy atom. The van der Waals surface area contributed by atoms with E-state index >= 15 is 0 Å². The lowest BCUT2D eigenvalue weighted by Gasteiger charge is -2.32. The van der Waals surface area contributed by atoms with Crippen LogP contribution in [-0.4, -0.2) is 79.7 Å². The molecule has 4 N–H and O–H groups in total. The van der Waals surface area contributed by atoms with Gasteiger partial charge in [0.15, 0.2) is 17.2 Å². The molecule has 1 amide bonds. The van der Waals surface area contributed by atoms with Crippen LogP contribution >= 0.6 is 12.0 Å². The second-order valence-corrected chi connectivity index (χ2v) is 23.2. The Morgan fingerprint density at radius 3 is 2.08 bits per heavy atom. The number of fused-ring (bicyclic) bond motifs is 6. The molecular formula is C46H44N3O20S5-5. The number of allylic oxidation sites excluding steroid dienone is 5. The Hall–Kier alpha value is -5.47. The molecule has 3 aliphatic rings. The summed E-state index contributed by atoms with van der Waals surface area (Å²) in [5.41, 5.74) is -0.431. The standard InChI is InChI=1S/C46H49N3O20S5/c1-45(15-7-3-5-9-39(50)47-17-18-72(56,57)58)37(48-33-13-11-27-29(41(33)45)19-25(73(59,60)61)21-35(27)65-67-68-70)23-31-43(53)32(44(31)54)24-38-46(2,16-8-4-6-10-40(51)52)42-30-20-26(74(62,63)64)22-36(71-69-66-55)28(30)12-14-34(42)49-38/h11-14,19-24,48,53,55,70H,3-10,15-18H2,1-2H3,(H,47,50)(H,51,52)(H,56,57,58)(H,59,60,61)(H,62,63,64)/p-5. The molecule has 0 saturated heterocycles. The van der Waals surface area contributed by atoms with Gasteiger partial charge in [0.2, 0.25) is 11.6 Å². The molecule has 0 spiro atoms. The van der Waals surface area contributed by atoms with Crippen LogP contribution in [0.1, 0.15) is 89.2 Å². The number of amides is 1. The number of hydrogen-bond donors (Lipinski definition) is 4. The summed E-state index contributed by atoms with van der Waals surface area (Å²) in [5.74, 6) is -3.86. The highest BCUT2D eigenvalue weighted by molar-refractivity contribution is 7.94. The van der Waals surface area contributed by atoms with Crippen molar-refractivity contribution in [1.29, 1.82) is 0 Å². The predicted octanol–water partition coefficient (Wildman–Crippen LogP) is 2.20. The molecule has 0 bridgehead atoms. The fourth-order valence-electron chi connectivity index (χ4n) is 9.68. The first-order chi connectivity index (χ1) is 34.8. The van der Waals surface area contributed by atoms with E-state index in [1.165, 1.54) is 24.3 Å². The van der Waals surface area contributed by atoms with E-state index in [1.807, 2.05) is 0 Å². The molecule has 4 aromatic rings. The molecule has 7 rings (SSSR count). The van der Waals surface area contributed by atoms with Crippen molar-refractivity contribution < 1.29 is 97.4 Å². The number of aliphatic carboxylic acids is 1. The zero-order chi connectivity index (χ0) is 54.0. The van der Waals surface area contributed by atoms with Gasteiger partial charge < -0.3 is 61.9 Å². The Morgan fingerprint density at radius 2 is 1.46 bits per heavy atom. The van der Waals surface area contributed by atoms with Gasteiger partial charge in [-0.1, -0.05) is 31.4 Å². The van der Waals surface area contributed by atoms with Crippen molar-refractivity contribution >= 4 is 112 Å². The molecule has 1 aliphatic carbocycles. The van der Waals surface area contributed by atoms with Crippen molar-refractivity contribution in [3.05, 3.63) is 94.4 Å². The van der Waals surface area contributed by atoms with Gasteiger partial charge in [-0.05, 0) is 109 Å². The lowest BCUT2D eigenvalue weighted by Crippen LogP contribution is -2.65. The number of anilines is 1. The van der Waals surface area contributed by atoms with Gasteiger partial charge in [0.25, 0.3) is 0 Å². The fourth-order valence-corrected chi connectivity index (χ4v) is 11.7. The maximum absolute atomic E-state index is 14.3. The van der Waals surface area contributed by atoms with Gasteiger partial charge in [-0.3, -0.25) is 19.4 Å². The molecule has 0 saturated carbocycles. The molecule has 2 aliphatic heterocycles. The quantitative estimate of drug-likeness (QED) is 0.0140. The number of ketones is 1. The smallest absolute Gasteiger partial charge is 0.303 e. The summed E-state index contributed by atoms with van der Waals surface area (Å²) >= 11 is 4.71. The third kappa shape index (κ3) is 12.1. The van der Waals surface area contributed by atoms with E-state index in [0.29, 0.717) is 89.9 Å². The van der Waals surface area contributed by atoms with E-state index in [4.69, 9.17) is 4.89 Å². The molecule has 4 aromatic carbocycles. The van der Waals surface area contributed by atoms with Gasteiger partial charge in [0, 0.05) is 81.4 Å². The molecule has 2 heterocycles. The lowest BCUT2D eigenvalue weighted by atomic mass is 9.72. The van der Waals surface area contributed by atoms with Crippen LogP contribution in [-0.2, 0) is 87.2 Å². The molecule has 2 unspecified atom stereocenters. The molecule has 28 heteroatoms. The number of nitrogens with one attached hydrogen (secondary N) is 3. The van der Waals surface area contributed by atoms with Crippen molar-refractivity contribution in [3.8, 4) is 5.75 Å². The van der Waals surface area contributed by atoms with E-state index in [0.717, 1.165) is 18.2 Å². The Labute approximate surface area is 433 Å². The zero-order valence-electron chi connectivity index (χ0n) is 39.0. The minimum Gasteiger partial charge on any atom is -0.871 e. The number of carboxylic acids is 1. The maximum atomic E-state index is 14.3. The number of carbonyl (C=O) groups excluding carboxylic acids is 2. The summed E-state index contributed by atoms with van der Waals surface area (Å²) in [7, 11) is -14.8. The number of unbranched alkanes of at least 4 members (excludes halogenated alkanes) is 4. The number of carboxylic acid groups (broad SMARTS) is 1. The van der Waals surface area contributed by atoms with E-state index in [1.54, 1.807) is 32.0 Å². The highest BCUT2D eigenvalue weighted by atomic mass is 32.2. The Balaban J connectivity index is 1.28. The van der Waals surface area contributed by atoms with Crippen molar-refractivity contribution in [1.82, 2.24) is 5.32 Å². The Kier molecular flexibility index (Phi) is 17.0. The summed E-state index contributed by atoms with van der Waals surface area (Å²) in [6.45, 7) is 3.18. The van der Waals surface area contributed by atoms with Gasteiger partial charge in [0.1, 0.15) is 20.2 Å². The second kappa shape index (κ2) is 22.4. The van der Waals surface area contributed by atoms with Gasteiger partial charge >= 0.3 is 5.97 Å². The van der Waals surface area contributed by atoms with Crippen molar-refractivity contribution in [2.75, 3.05) is 17.6 Å². The van der Waals surface area contributed by atoms with Crippen molar-refractivity contribution in [2.45, 2.75) is 104 Å². The van der Waals surface area contributed by atoms with Crippen molar-refractivity contribution in [3.63, 3.8) is 0 Å². The number of carbonyl (C=O) groups is 3. The summed E-state index contributed by atoms with van der Waals surface area (Å²) < 4.78 is 116. The first-order valence-corrected chi connectivity index (χ1v) is 27.9. The molecular weight excluding hydrogens is 1070 g/mol. The number of benzene rings is 4. The maximum Gasteiger partial charge on any atom is 0.303 e. The van der Waals surface area contributed by atoms with Crippen molar-refractivity contribution in [2.24, 2.45) is 0 Å². The van der Waals surface area contributed by atoms with Crippen LogP contribution in [0.25, 0.3) is 21.5 Å². The lowest BCUT2D eigenvalue weighted by molar-refractivity contribution is -0.777. The Bertz CT molecular complexity index is 3430. The second-order valence-electron chi connectivity index (χ2n) is 18.0. The van der Waals surface area contributed by atoms with Crippen LogP contribution in [0, 0.1) is 0 Å². The molecule has 0 aromatic heterocycles. The van der Waals surface area contributed by atoms with Gasteiger partial charge in [-0.25, -0.2) is 30.2 Å². The van der Waals surface area contributed by atoms with Crippen LogP contribution in [0.15, 0.2) is 98.0 Å². The number of Topliss-reactive ketones (excluding diaryl/α,β-unsaturated/α-hetero) is 1. The minimum atomic E-state index is -5.13. The van der Waals surface area contributed by atoms with E-state index in [9.17, 15) is 68.8 Å². The molecule has 74 heavy (non-hydrogen) atoms. The van der Waals surface area contributed by atoms with Crippen LogP contribution in [0.3, 0.4) is 0 Å². The van der Waals surface area contributed by atoms with Gasteiger partial charge in [0.05, 0.1) is 43.1 Å². The summed E-state index contributed by atoms with van der Waals surface area (Å²) in [6, 6.07) is 10.6. The first kappa shape index (κ1) is 56.3. The normalized spacial score (nSPS) is 19.7. The average Bonchev–Trinajstić information content (AvgIpc) is 3.78. The van der Waals surface area contributed by atoms with E-state index in [-0.39, 0.29) is 70.2 Å². The van der Waals surface area contributed by atoms with Crippen LogP contribution in [0.2, 0.25) is 0 Å². The highest BCUT2D eigenvalue weighted by Crippen LogP contribution is 2.53. The van der Waals surface area contributed by atoms with E-state index in [2.05, 4.69) is 47.3 Å². The molecule has 0 radical (unpaired) electrons. The molecule has 398 valence electrons. The third-order valence-corrected chi connectivity index (χ3v) is 16.3. The third-order valence-electron chi connectivity index (χ3n) is 13.2. The van der Waals surface area contributed by atoms with E-state index < -0.39 is 80.1 Å². The summed E-state index contributed by atoms with van der Waals surface area (Å²) in [6.07, 6.45) is 5.42. The average molecular weight is 1120 g/mol. The summed E-state index contributed by atoms with van der Waals surface area (Å²) in [5, 5.41) is 49.0. The summed E-state index contributed by atoms with van der Waals surface area (Å²) in [4.78, 5) is 45.1. The molecule has 2 atom stereocenters. The minimum absolute atomic E-state index is 0.0163. The fraction of sp³-hybridized carbons (Fsp3) is 0.348. The van der Waals surface area contributed by atoms with Gasteiger partial charge in [-0.2, -0.15) is 4.33 Å². The first-order valence-electron chi connectivity index (χ1n) is 22.4. The monoisotopic (exact) mass is 1120 g/mol. The predicted molar refractivity (Wildman–Crippen MR) is 256 cm³/mol. The largest absolute Gasteiger partial charge is 0.871 e. The highest BCUT2D eigenvalue weighted by Gasteiger charge is 2.47. The van der Waals surface area contributed by atoms with Crippen LogP contribution < -0.4 is 30.9 Å². The van der Waals surface area contributed by atoms with Gasteiger partial charge in [-0.15, -0.1) is 0 Å². The number of hydrogen-bond acceptors (Lipinski definition) is 22. The molecule has 23 nitrogen and oxygen atoms in total.